The molecule has 3 heterocycles. The van der Waals surface area contributed by atoms with Crippen LogP contribution in [0.1, 0.15) is 105 Å². The monoisotopic (exact) mass is 523 g/mol. The van der Waals surface area contributed by atoms with Gasteiger partial charge >= 0.3 is 5.97 Å². The Bertz CT molecular complexity index is 1090. The Balaban J connectivity index is 2.22. The first kappa shape index (κ1) is 30.1. The molecule has 6 heteroatoms. The number of ether oxygens (including phenoxy) is 2. The summed E-state index contributed by atoms with van der Waals surface area (Å²) >= 11 is 0. The highest BCUT2D eigenvalue weighted by Gasteiger charge is 2.37. The summed E-state index contributed by atoms with van der Waals surface area (Å²) in [6.07, 6.45) is 8.93. The largest absolute Gasteiger partial charge is 0.461 e. The van der Waals surface area contributed by atoms with Crippen LogP contribution in [-0.4, -0.2) is 40.7 Å². The molecular formula is C32H49N3O3. The number of aryl methyl sites for hydroxylation is 2. The first-order valence-corrected chi connectivity index (χ1v) is 14.2. The summed E-state index contributed by atoms with van der Waals surface area (Å²) in [6.45, 7) is 22.6. The molecule has 1 aliphatic rings. The number of pyridine rings is 2. The fourth-order valence-electron chi connectivity index (χ4n) is 4.91. The SMILES string of the molecule is Cc1ncc(-c2cncc(CCC(C)C)c2)c(N2CCC(C)(C)CC2)c1[C@H](OC(C)(C)C)C(=O)OC(C)C. The van der Waals surface area contributed by atoms with Gasteiger partial charge in [0.05, 0.1) is 17.4 Å². The average molecular weight is 524 g/mol. The minimum atomic E-state index is -0.883. The third-order valence-electron chi connectivity index (χ3n) is 7.14. The summed E-state index contributed by atoms with van der Waals surface area (Å²) < 4.78 is 12.2. The predicted octanol–water partition coefficient (Wildman–Crippen LogP) is 7.47. The number of rotatable bonds is 9. The van der Waals surface area contributed by atoms with Crippen LogP contribution in [0.5, 0.6) is 0 Å². The van der Waals surface area contributed by atoms with E-state index < -0.39 is 11.7 Å². The van der Waals surface area contributed by atoms with Crippen molar-refractivity contribution in [2.24, 2.45) is 11.3 Å². The molecule has 0 aliphatic carbocycles. The number of esters is 1. The van der Waals surface area contributed by atoms with Gasteiger partial charge in [0.1, 0.15) is 0 Å². The predicted molar refractivity (Wildman–Crippen MR) is 155 cm³/mol. The van der Waals surface area contributed by atoms with Crippen molar-refractivity contribution in [2.45, 2.75) is 113 Å². The van der Waals surface area contributed by atoms with Crippen molar-refractivity contribution >= 4 is 11.7 Å². The van der Waals surface area contributed by atoms with Crippen LogP contribution >= 0.6 is 0 Å². The molecule has 0 aromatic carbocycles. The van der Waals surface area contributed by atoms with Crippen molar-refractivity contribution in [1.82, 2.24) is 9.97 Å². The van der Waals surface area contributed by atoms with E-state index in [1.807, 2.05) is 60.1 Å². The van der Waals surface area contributed by atoms with Crippen LogP contribution in [0.3, 0.4) is 0 Å². The first-order chi connectivity index (χ1) is 17.7. The molecule has 2 aromatic heterocycles. The Kier molecular flexibility index (Phi) is 9.62. The molecule has 3 rings (SSSR count). The van der Waals surface area contributed by atoms with Crippen LogP contribution in [0, 0.1) is 18.3 Å². The summed E-state index contributed by atoms with van der Waals surface area (Å²) in [5.41, 5.74) is 5.56. The van der Waals surface area contributed by atoms with Gasteiger partial charge in [-0.2, -0.15) is 0 Å². The van der Waals surface area contributed by atoms with Gasteiger partial charge in [-0.15, -0.1) is 0 Å². The van der Waals surface area contributed by atoms with Gasteiger partial charge in [-0.05, 0) is 90.2 Å². The smallest absolute Gasteiger partial charge is 0.340 e. The third-order valence-corrected chi connectivity index (χ3v) is 7.14. The molecule has 0 spiro atoms. The van der Waals surface area contributed by atoms with Crippen LogP contribution in [0.15, 0.2) is 24.7 Å². The number of carbonyl (C=O) groups is 1. The van der Waals surface area contributed by atoms with E-state index >= 15 is 0 Å². The zero-order chi connectivity index (χ0) is 28.3. The Morgan fingerprint density at radius 3 is 2.32 bits per heavy atom. The van der Waals surface area contributed by atoms with E-state index in [1.165, 1.54) is 5.56 Å². The number of aromatic nitrogens is 2. The van der Waals surface area contributed by atoms with Gasteiger partial charge < -0.3 is 14.4 Å². The fraction of sp³-hybridized carbons (Fsp3) is 0.656. The number of nitrogens with zero attached hydrogens (tertiary/aromatic N) is 3. The van der Waals surface area contributed by atoms with Crippen LogP contribution in [0.4, 0.5) is 5.69 Å². The van der Waals surface area contributed by atoms with E-state index in [-0.39, 0.29) is 17.5 Å². The van der Waals surface area contributed by atoms with E-state index in [1.54, 1.807) is 0 Å². The topological polar surface area (TPSA) is 64.5 Å². The molecule has 1 fully saturated rings. The molecule has 0 unspecified atom stereocenters. The molecule has 0 N–H and O–H groups in total. The number of piperidine rings is 1. The van der Waals surface area contributed by atoms with Crippen molar-refractivity contribution in [2.75, 3.05) is 18.0 Å². The average Bonchev–Trinajstić information content (AvgIpc) is 2.80. The van der Waals surface area contributed by atoms with E-state index in [0.717, 1.165) is 66.8 Å². The Morgan fingerprint density at radius 1 is 1.08 bits per heavy atom. The number of carbonyl (C=O) groups excluding carboxylic acids is 1. The highest BCUT2D eigenvalue weighted by Crippen LogP contribution is 2.43. The molecule has 0 saturated carbocycles. The van der Waals surface area contributed by atoms with E-state index in [9.17, 15) is 4.79 Å². The highest BCUT2D eigenvalue weighted by molar-refractivity contribution is 5.87. The summed E-state index contributed by atoms with van der Waals surface area (Å²) in [5, 5.41) is 0. The lowest BCUT2D eigenvalue weighted by atomic mass is 9.82. The molecular weight excluding hydrogens is 474 g/mol. The van der Waals surface area contributed by atoms with Crippen LogP contribution in [0.2, 0.25) is 0 Å². The highest BCUT2D eigenvalue weighted by atomic mass is 16.6. The normalized spacial score (nSPS) is 16.7. The van der Waals surface area contributed by atoms with Gasteiger partial charge in [-0.1, -0.05) is 27.7 Å². The molecule has 0 amide bonds. The number of hydrogen-bond acceptors (Lipinski definition) is 6. The number of anilines is 1. The maximum atomic E-state index is 13.6. The lowest BCUT2D eigenvalue weighted by molar-refractivity contribution is -0.171. The van der Waals surface area contributed by atoms with E-state index in [2.05, 4.69) is 43.6 Å². The van der Waals surface area contributed by atoms with E-state index in [0.29, 0.717) is 5.92 Å². The second-order valence-electron chi connectivity index (χ2n) is 13.3. The maximum absolute atomic E-state index is 13.6. The first-order valence-electron chi connectivity index (χ1n) is 14.2. The van der Waals surface area contributed by atoms with Crippen LogP contribution < -0.4 is 4.90 Å². The molecule has 210 valence electrons. The minimum absolute atomic E-state index is 0.244. The minimum Gasteiger partial charge on any atom is -0.461 e. The van der Waals surface area contributed by atoms with Gasteiger partial charge in [0.2, 0.25) is 0 Å². The molecule has 1 aliphatic heterocycles. The Morgan fingerprint density at radius 2 is 1.74 bits per heavy atom. The standard InChI is InChI=1S/C32H49N3O3/c1-21(2)11-12-24-17-25(19-33-18-24)26-20-34-23(5)27(28(26)35-15-13-32(9,10)14-16-35)29(38-31(6,7)8)30(36)37-22(3)4/h17-22,29H,11-16H2,1-10H3/t29-/m0/s1. The van der Waals surface area contributed by atoms with Crippen molar-refractivity contribution in [1.29, 1.82) is 0 Å². The molecule has 1 saturated heterocycles. The zero-order valence-corrected chi connectivity index (χ0v) is 25.4. The Labute approximate surface area is 230 Å². The molecule has 38 heavy (non-hydrogen) atoms. The summed E-state index contributed by atoms with van der Waals surface area (Å²) in [5.74, 6) is 0.250. The lowest BCUT2D eigenvalue weighted by Crippen LogP contribution is -2.39. The molecule has 0 radical (unpaired) electrons. The zero-order valence-electron chi connectivity index (χ0n) is 25.4. The van der Waals surface area contributed by atoms with E-state index in [4.69, 9.17) is 14.5 Å². The van der Waals surface area contributed by atoms with Gasteiger partial charge in [-0.3, -0.25) is 9.97 Å². The van der Waals surface area contributed by atoms with Gasteiger partial charge in [-0.25, -0.2) is 4.79 Å². The second kappa shape index (κ2) is 12.1. The fourth-order valence-corrected chi connectivity index (χ4v) is 4.91. The van der Waals surface area contributed by atoms with Crippen LogP contribution in [-0.2, 0) is 20.7 Å². The second-order valence-corrected chi connectivity index (χ2v) is 13.3. The third kappa shape index (κ3) is 8.02. The van der Waals surface area contributed by atoms with Crippen LogP contribution in [0.25, 0.3) is 11.1 Å². The Hall–Kier alpha value is -2.47. The van der Waals surface area contributed by atoms with Gasteiger partial charge in [0, 0.05) is 54.1 Å². The summed E-state index contributed by atoms with van der Waals surface area (Å²) in [4.78, 5) is 25.4. The maximum Gasteiger partial charge on any atom is 0.340 e. The van der Waals surface area contributed by atoms with Gasteiger partial charge in [0.15, 0.2) is 6.10 Å². The van der Waals surface area contributed by atoms with Crippen molar-refractivity contribution in [3.8, 4) is 11.1 Å². The quantitative estimate of drug-likeness (QED) is 0.318. The molecule has 0 bridgehead atoms. The lowest BCUT2D eigenvalue weighted by Gasteiger charge is -2.41. The number of hydrogen-bond donors (Lipinski definition) is 0. The molecule has 1 atom stereocenters. The van der Waals surface area contributed by atoms with Crippen molar-refractivity contribution in [3.05, 3.63) is 41.5 Å². The summed E-state index contributed by atoms with van der Waals surface area (Å²) in [6, 6.07) is 2.23. The van der Waals surface area contributed by atoms with Crippen molar-refractivity contribution < 1.29 is 14.3 Å². The van der Waals surface area contributed by atoms with Crippen molar-refractivity contribution in [3.63, 3.8) is 0 Å². The van der Waals surface area contributed by atoms with Gasteiger partial charge in [0.25, 0.3) is 0 Å². The molecule has 2 aromatic rings. The summed E-state index contributed by atoms with van der Waals surface area (Å²) in [7, 11) is 0. The molecule has 6 nitrogen and oxygen atoms in total.